The van der Waals surface area contributed by atoms with Crippen LogP contribution < -0.4 is 10.0 Å². The number of hydrogen-bond donors (Lipinski definition) is 2. The highest BCUT2D eigenvalue weighted by atomic mass is 32.2. The van der Waals surface area contributed by atoms with E-state index in [0.717, 1.165) is 30.1 Å². The molecule has 0 saturated carbocycles. The Balaban J connectivity index is 1.98. The largest absolute Gasteiger partial charge is 0.352 e. The fourth-order valence-electron chi connectivity index (χ4n) is 2.87. The second kappa shape index (κ2) is 10.6. The Labute approximate surface area is 172 Å². The van der Waals surface area contributed by atoms with Gasteiger partial charge >= 0.3 is 0 Å². The molecule has 0 atom stereocenters. The summed E-state index contributed by atoms with van der Waals surface area (Å²) in [5.41, 5.74) is 1.74. The summed E-state index contributed by atoms with van der Waals surface area (Å²) in [4.78, 5) is 7.78. The summed E-state index contributed by atoms with van der Waals surface area (Å²) in [6, 6.07) is 11.7. The number of hydrogen-bond acceptors (Lipinski definition) is 4. The summed E-state index contributed by atoms with van der Waals surface area (Å²) in [5, 5.41) is 5.43. The Hall–Kier alpha value is -1.90. The highest BCUT2D eigenvalue weighted by Gasteiger charge is 2.16. The Bertz CT molecular complexity index is 862. The first kappa shape index (κ1) is 22.4. The van der Waals surface area contributed by atoms with E-state index in [1.54, 1.807) is 18.4 Å². The lowest BCUT2D eigenvalue weighted by molar-refractivity contribution is 0.486. The Morgan fingerprint density at radius 3 is 2.50 bits per heavy atom. The molecule has 0 unspecified atom stereocenters. The minimum absolute atomic E-state index is 0.0319. The molecule has 0 aliphatic rings. The number of nitrogens with zero attached hydrogens (tertiary/aromatic N) is 2. The van der Waals surface area contributed by atoms with Gasteiger partial charge in [0.15, 0.2) is 5.96 Å². The molecule has 0 radical (unpaired) electrons. The van der Waals surface area contributed by atoms with Crippen LogP contribution in [0, 0.1) is 0 Å². The smallest absolute Gasteiger partial charge is 0.216 e. The predicted molar refractivity (Wildman–Crippen MR) is 118 cm³/mol. The second-order valence-electron chi connectivity index (χ2n) is 6.95. The molecule has 1 heterocycles. The van der Waals surface area contributed by atoms with Gasteiger partial charge in [0, 0.05) is 38.1 Å². The van der Waals surface area contributed by atoms with Gasteiger partial charge < -0.3 is 10.2 Å². The van der Waals surface area contributed by atoms with Crippen LogP contribution in [0.15, 0.2) is 46.8 Å². The highest BCUT2D eigenvalue weighted by Crippen LogP contribution is 2.13. The summed E-state index contributed by atoms with van der Waals surface area (Å²) >= 11 is 1.76. The number of thiophene rings is 1. The van der Waals surface area contributed by atoms with E-state index in [9.17, 15) is 8.42 Å². The lowest BCUT2D eigenvalue weighted by Crippen LogP contribution is -2.39. The van der Waals surface area contributed by atoms with Crippen LogP contribution in [0.4, 0.5) is 0 Å². The Morgan fingerprint density at radius 2 is 1.89 bits per heavy atom. The number of guanidine groups is 1. The van der Waals surface area contributed by atoms with Gasteiger partial charge in [-0.05, 0) is 42.8 Å². The molecular weight excluding hydrogens is 392 g/mol. The average Bonchev–Trinajstić information content (AvgIpc) is 3.14. The van der Waals surface area contributed by atoms with Crippen LogP contribution in [0.3, 0.4) is 0 Å². The van der Waals surface area contributed by atoms with Crippen molar-refractivity contribution < 1.29 is 8.42 Å². The van der Waals surface area contributed by atoms with Crippen molar-refractivity contribution in [2.45, 2.75) is 38.6 Å². The number of rotatable bonds is 9. The van der Waals surface area contributed by atoms with Crippen LogP contribution in [0.5, 0.6) is 0 Å². The van der Waals surface area contributed by atoms with Crippen molar-refractivity contribution in [3.05, 3.63) is 57.8 Å². The van der Waals surface area contributed by atoms with Crippen molar-refractivity contribution in [1.82, 2.24) is 14.9 Å². The monoisotopic (exact) mass is 422 g/mol. The fourth-order valence-corrected chi connectivity index (χ4v) is 5.06. The quantitative estimate of drug-likeness (QED) is 0.481. The van der Waals surface area contributed by atoms with Crippen LogP contribution in [-0.2, 0) is 28.7 Å². The van der Waals surface area contributed by atoms with Crippen LogP contribution >= 0.6 is 11.3 Å². The van der Waals surface area contributed by atoms with Gasteiger partial charge in [-0.1, -0.05) is 30.3 Å². The third-order valence-corrected chi connectivity index (χ3v) is 6.62. The van der Waals surface area contributed by atoms with E-state index in [4.69, 9.17) is 0 Å². The maximum atomic E-state index is 12.3. The van der Waals surface area contributed by atoms with Crippen LogP contribution in [0.25, 0.3) is 0 Å². The summed E-state index contributed by atoms with van der Waals surface area (Å²) in [6.45, 7) is 5.01. The Kier molecular flexibility index (Phi) is 8.47. The molecule has 0 aliphatic heterocycles. The molecule has 8 heteroatoms. The van der Waals surface area contributed by atoms with Crippen molar-refractivity contribution >= 4 is 27.3 Å². The molecular formula is C20H30N4O2S2. The molecule has 1 aromatic heterocycles. The number of nitrogens with one attached hydrogen (secondary N) is 2. The molecule has 1 aromatic carbocycles. The number of sulfonamides is 1. The molecule has 0 amide bonds. The highest BCUT2D eigenvalue weighted by molar-refractivity contribution is 7.88. The van der Waals surface area contributed by atoms with Gasteiger partial charge in [0.1, 0.15) is 0 Å². The topological polar surface area (TPSA) is 73.8 Å². The van der Waals surface area contributed by atoms with Gasteiger partial charge in [-0.15, -0.1) is 11.3 Å². The molecule has 2 rings (SSSR count). The molecule has 0 saturated heterocycles. The molecule has 154 valence electrons. The summed E-state index contributed by atoms with van der Waals surface area (Å²) in [7, 11) is 0.395. The molecule has 28 heavy (non-hydrogen) atoms. The lowest BCUT2D eigenvalue weighted by Gasteiger charge is -2.22. The molecule has 6 nitrogen and oxygen atoms in total. The third-order valence-electron chi connectivity index (χ3n) is 4.16. The van der Waals surface area contributed by atoms with Gasteiger partial charge in [0.25, 0.3) is 0 Å². The van der Waals surface area contributed by atoms with Gasteiger partial charge in [0.05, 0.1) is 5.75 Å². The molecule has 0 aliphatic carbocycles. The minimum atomic E-state index is -3.37. The zero-order chi connectivity index (χ0) is 20.6. The predicted octanol–water partition coefficient (Wildman–Crippen LogP) is 2.83. The first-order chi connectivity index (χ1) is 13.3. The zero-order valence-corrected chi connectivity index (χ0v) is 18.6. The lowest BCUT2D eigenvalue weighted by atomic mass is 10.1. The maximum absolute atomic E-state index is 12.3. The van der Waals surface area contributed by atoms with Gasteiger partial charge in [-0.25, -0.2) is 13.1 Å². The van der Waals surface area contributed by atoms with Gasteiger partial charge in [-0.2, -0.15) is 0 Å². The average molecular weight is 423 g/mol. The minimum Gasteiger partial charge on any atom is -0.352 e. The normalized spacial score (nSPS) is 12.4. The maximum Gasteiger partial charge on any atom is 0.216 e. The van der Waals surface area contributed by atoms with Crippen molar-refractivity contribution in [1.29, 1.82) is 0 Å². The SMILES string of the molecule is CN=C(NCc1ccccc1CS(=O)(=O)NC(C)C)N(C)CCc1cccs1. The van der Waals surface area contributed by atoms with Crippen molar-refractivity contribution in [2.75, 3.05) is 20.6 Å². The van der Waals surface area contributed by atoms with E-state index >= 15 is 0 Å². The standard InChI is InChI=1S/C20H30N4O2S2/c1-16(2)23-28(25,26)15-18-9-6-5-8-17(18)14-22-20(21-3)24(4)12-11-19-10-7-13-27-19/h5-10,13,16,23H,11-12,14-15H2,1-4H3,(H,21,22). The van der Waals surface area contributed by atoms with Gasteiger partial charge in [-0.3, -0.25) is 4.99 Å². The van der Waals surface area contributed by atoms with E-state index in [-0.39, 0.29) is 11.8 Å². The van der Waals surface area contributed by atoms with E-state index in [1.165, 1.54) is 4.88 Å². The number of benzene rings is 1. The second-order valence-corrected chi connectivity index (χ2v) is 9.74. The first-order valence-electron chi connectivity index (χ1n) is 9.31. The van der Waals surface area contributed by atoms with Crippen LogP contribution in [-0.4, -0.2) is 46.0 Å². The summed E-state index contributed by atoms with van der Waals surface area (Å²) < 4.78 is 27.2. The van der Waals surface area contributed by atoms with E-state index in [2.05, 4.69) is 37.4 Å². The van der Waals surface area contributed by atoms with Crippen molar-refractivity contribution in [3.8, 4) is 0 Å². The van der Waals surface area contributed by atoms with Crippen LogP contribution in [0.2, 0.25) is 0 Å². The van der Waals surface area contributed by atoms with Crippen molar-refractivity contribution in [3.63, 3.8) is 0 Å². The zero-order valence-electron chi connectivity index (χ0n) is 17.0. The molecule has 0 spiro atoms. The van der Waals surface area contributed by atoms with E-state index in [1.807, 2.05) is 45.2 Å². The van der Waals surface area contributed by atoms with Crippen molar-refractivity contribution in [2.24, 2.45) is 4.99 Å². The number of likely N-dealkylation sites (N-methyl/N-ethyl adjacent to an activating group) is 1. The fraction of sp³-hybridized carbons (Fsp3) is 0.450. The Morgan fingerprint density at radius 1 is 1.18 bits per heavy atom. The van der Waals surface area contributed by atoms with Crippen LogP contribution in [0.1, 0.15) is 29.9 Å². The molecule has 0 bridgehead atoms. The van der Waals surface area contributed by atoms with E-state index < -0.39 is 10.0 Å². The van der Waals surface area contributed by atoms with Gasteiger partial charge in [0.2, 0.25) is 10.0 Å². The number of aliphatic imine (C=N–C) groups is 1. The molecule has 2 N–H and O–H groups in total. The van der Waals surface area contributed by atoms with E-state index in [0.29, 0.717) is 6.54 Å². The molecule has 0 fully saturated rings. The third kappa shape index (κ3) is 7.26. The first-order valence-corrected chi connectivity index (χ1v) is 11.8. The molecule has 2 aromatic rings. The summed E-state index contributed by atoms with van der Waals surface area (Å²) in [5.74, 6) is 0.755. The summed E-state index contributed by atoms with van der Waals surface area (Å²) in [6.07, 6.45) is 0.963.